The van der Waals surface area contributed by atoms with Gasteiger partial charge < -0.3 is 4.57 Å². The van der Waals surface area contributed by atoms with Gasteiger partial charge in [0.15, 0.2) is 0 Å². The summed E-state index contributed by atoms with van der Waals surface area (Å²) >= 11 is 0. The van der Waals surface area contributed by atoms with Crippen molar-refractivity contribution < 1.29 is 8.42 Å². The minimum Gasteiger partial charge on any atom is -0.319 e. The Morgan fingerprint density at radius 1 is 1.53 bits per heavy atom. The normalized spacial score (nSPS) is 13.8. The van der Waals surface area contributed by atoms with E-state index < -0.39 is 16.1 Å². The van der Waals surface area contributed by atoms with E-state index in [1.807, 2.05) is 0 Å². The van der Waals surface area contributed by atoms with Crippen molar-refractivity contribution in [1.82, 2.24) is 29.7 Å². The number of rotatable bonds is 4. The molecule has 0 aliphatic carbocycles. The summed E-state index contributed by atoms with van der Waals surface area (Å²) in [6.45, 7) is 1.70. The highest BCUT2D eigenvalue weighted by Gasteiger charge is 2.21. The molecular formula is C8H12N6O2S. The molecule has 1 unspecified atom stereocenters. The van der Waals surface area contributed by atoms with Gasteiger partial charge in [0.1, 0.15) is 17.0 Å². The largest absolute Gasteiger partial charge is 0.319 e. The number of nitrogens with one attached hydrogen (secondary N) is 2. The van der Waals surface area contributed by atoms with Gasteiger partial charge in [-0.15, -0.1) is 10.2 Å². The van der Waals surface area contributed by atoms with Crippen molar-refractivity contribution in [3.8, 4) is 0 Å². The lowest BCUT2D eigenvalue weighted by Crippen LogP contribution is -2.28. The first-order chi connectivity index (χ1) is 8.00. The third-order valence-corrected chi connectivity index (χ3v) is 3.76. The predicted octanol–water partition coefficient (Wildman–Crippen LogP) is -0.422. The Labute approximate surface area is 98.1 Å². The minimum atomic E-state index is -3.58. The van der Waals surface area contributed by atoms with E-state index in [0.29, 0.717) is 5.82 Å². The highest BCUT2D eigenvalue weighted by Crippen LogP contribution is 2.13. The fourth-order valence-corrected chi connectivity index (χ4v) is 2.53. The third-order valence-electron chi connectivity index (χ3n) is 2.25. The molecular weight excluding hydrogens is 244 g/mol. The van der Waals surface area contributed by atoms with Crippen LogP contribution in [-0.4, -0.2) is 33.4 Å². The van der Waals surface area contributed by atoms with E-state index in [9.17, 15) is 8.42 Å². The summed E-state index contributed by atoms with van der Waals surface area (Å²) in [5.41, 5.74) is 0. The van der Waals surface area contributed by atoms with E-state index in [1.165, 1.54) is 18.7 Å². The van der Waals surface area contributed by atoms with Crippen LogP contribution < -0.4 is 4.72 Å². The van der Waals surface area contributed by atoms with E-state index in [0.717, 1.165) is 0 Å². The first-order valence-electron chi connectivity index (χ1n) is 4.85. The van der Waals surface area contributed by atoms with Crippen molar-refractivity contribution in [2.24, 2.45) is 7.05 Å². The lowest BCUT2D eigenvalue weighted by Gasteiger charge is -2.12. The zero-order valence-corrected chi connectivity index (χ0v) is 10.1. The summed E-state index contributed by atoms with van der Waals surface area (Å²) in [7, 11) is -1.84. The second-order valence-electron chi connectivity index (χ2n) is 3.58. The molecule has 17 heavy (non-hydrogen) atoms. The number of aromatic nitrogens is 5. The van der Waals surface area contributed by atoms with Crippen LogP contribution in [0.1, 0.15) is 18.8 Å². The van der Waals surface area contributed by atoms with Crippen LogP contribution in [0, 0.1) is 0 Å². The Kier molecular flexibility index (Phi) is 2.94. The first-order valence-corrected chi connectivity index (χ1v) is 6.34. The number of aromatic amines is 1. The van der Waals surface area contributed by atoms with Gasteiger partial charge in [-0.1, -0.05) is 0 Å². The van der Waals surface area contributed by atoms with Gasteiger partial charge in [-0.3, -0.25) is 5.10 Å². The molecule has 0 amide bonds. The number of aryl methyl sites for hydroxylation is 1. The fourth-order valence-electron chi connectivity index (χ4n) is 1.42. The molecule has 9 heteroatoms. The molecule has 2 heterocycles. The molecule has 0 aliphatic heterocycles. The van der Waals surface area contributed by atoms with Crippen molar-refractivity contribution >= 4 is 10.0 Å². The van der Waals surface area contributed by atoms with Crippen LogP contribution in [0.2, 0.25) is 0 Å². The quantitative estimate of drug-likeness (QED) is 0.772. The summed E-state index contributed by atoms with van der Waals surface area (Å²) in [5.74, 6) is 0.539. The van der Waals surface area contributed by atoms with Gasteiger partial charge in [-0.05, 0) is 6.92 Å². The van der Waals surface area contributed by atoms with Gasteiger partial charge in [0, 0.05) is 13.2 Å². The van der Waals surface area contributed by atoms with Gasteiger partial charge >= 0.3 is 0 Å². The minimum absolute atomic E-state index is 0.0894. The summed E-state index contributed by atoms with van der Waals surface area (Å²) in [6, 6.07) is -0.470. The molecule has 0 spiro atoms. The number of sulfonamides is 1. The summed E-state index contributed by atoms with van der Waals surface area (Å²) in [6.07, 6.45) is 4.06. The molecule has 0 aliphatic rings. The lowest BCUT2D eigenvalue weighted by atomic mass is 10.3. The topological polar surface area (TPSA) is 106 Å². The molecule has 2 rings (SSSR count). The standard InChI is InChI=1S/C8H12N6O2S/c1-6(8-12-11-5-14(8)2)13-17(15,16)7-3-9-10-4-7/h3-6,13H,1-2H3,(H,9,10). The highest BCUT2D eigenvalue weighted by atomic mass is 32.2. The molecule has 92 valence electrons. The van der Waals surface area contributed by atoms with Gasteiger partial charge in [0.25, 0.3) is 0 Å². The van der Waals surface area contributed by atoms with E-state index in [-0.39, 0.29) is 4.90 Å². The van der Waals surface area contributed by atoms with Crippen molar-refractivity contribution in [1.29, 1.82) is 0 Å². The van der Waals surface area contributed by atoms with E-state index in [2.05, 4.69) is 25.1 Å². The van der Waals surface area contributed by atoms with Gasteiger partial charge in [-0.2, -0.15) is 5.10 Å². The number of hydrogen-bond donors (Lipinski definition) is 2. The molecule has 0 saturated heterocycles. The maximum absolute atomic E-state index is 11.9. The van der Waals surface area contributed by atoms with Crippen molar-refractivity contribution in [2.45, 2.75) is 17.9 Å². The molecule has 1 atom stereocenters. The Morgan fingerprint density at radius 2 is 2.29 bits per heavy atom. The third kappa shape index (κ3) is 2.34. The number of nitrogens with zero attached hydrogens (tertiary/aromatic N) is 4. The van der Waals surface area contributed by atoms with Crippen LogP contribution in [0.3, 0.4) is 0 Å². The van der Waals surface area contributed by atoms with Crippen LogP contribution >= 0.6 is 0 Å². The highest BCUT2D eigenvalue weighted by molar-refractivity contribution is 7.89. The molecule has 0 fully saturated rings. The molecule has 8 nitrogen and oxygen atoms in total. The average molecular weight is 256 g/mol. The number of H-pyrrole nitrogens is 1. The lowest BCUT2D eigenvalue weighted by molar-refractivity contribution is 0.553. The molecule has 2 aromatic rings. The Morgan fingerprint density at radius 3 is 2.82 bits per heavy atom. The van der Waals surface area contributed by atoms with Crippen LogP contribution in [0.15, 0.2) is 23.6 Å². The van der Waals surface area contributed by atoms with Crippen LogP contribution in [0.5, 0.6) is 0 Å². The van der Waals surface area contributed by atoms with Gasteiger partial charge in [0.2, 0.25) is 10.0 Å². The smallest absolute Gasteiger partial charge is 0.244 e. The van der Waals surface area contributed by atoms with E-state index in [4.69, 9.17) is 0 Å². The summed E-state index contributed by atoms with van der Waals surface area (Å²) < 4.78 is 27.9. The Bertz CT molecular complexity index is 587. The van der Waals surface area contributed by atoms with Crippen LogP contribution in [0.4, 0.5) is 0 Å². The van der Waals surface area contributed by atoms with Crippen LogP contribution in [0.25, 0.3) is 0 Å². The fraction of sp³-hybridized carbons (Fsp3) is 0.375. The number of hydrogen-bond acceptors (Lipinski definition) is 5. The van der Waals surface area contributed by atoms with E-state index >= 15 is 0 Å². The molecule has 2 aromatic heterocycles. The second-order valence-corrected chi connectivity index (χ2v) is 5.29. The molecule has 2 N–H and O–H groups in total. The first kappa shape index (κ1) is 11.7. The van der Waals surface area contributed by atoms with Crippen LogP contribution in [-0.2, 0) is 17.1 Å². The maximum Gasteiger partial charge on any atom is 0.244 e. The van der Waals surface area contributed by atoms with Gasteiger partial charge in [0.05, 0.1) is 12.2 Å². The average Bonchev–Trinajstić information content (AvgIpc) is 2.85. The Balaban J connectivity index is 2.20. The zero-order valence-electron chi connectivity index (χ0n) is 9.32. The Hall–Kier alpha value is -1.74. The predicted molar refractivity (Wildman–Crippen MR) is 58.3 cm³/mol. The summed E-state index contributed by atoms with van der Waals surface area (Å²) in [5, 5.41) is 13.6. The SMILES string of the molecule is CC(NS(=O)(=O)c1cn[nH]c1)c1nncn1C. The molecule has 0 aromatic carbocycles. The zero-order chi connectivity index (χ0) is 12.5. The summed E-state index contributed by atoms with van der Waals surface area (Å²) in [4.78, 5) is 0.0894. The van der Waals surface area contributed by atoms with E-state index in [1.54, 1.807) is 18.5 Å². The molecule has 0 bridgehead atoms. The molecule has 0 saturated carbocycles. The van der Waals surface area contributed by atoms with Gasteiger partial charge in [-0.25, -0.2) is 13.1 Å². The maximum atomic E-state index is 11.9. The monoisotopic (exact) mass is 256 g/mol. The van der Waals surface area contributed by atoms with Crippen molar-refractivity contribution in [3.63, 3.8) is 0 Å². The molecule has 0 radical (unpaired) electrons. The van der Waals surface area contributed by atoms with Crippen molar-refractivity contribution in [2.75, 3.05) is 0 Å². The van der Waals surface area contributed by atoms with Crippen molar-refractivity contribution in [3.05, 3.63) is 24.5 Å². The second kappa shape index (κ2) is 4.26.